The number of amides is 1. The Balaban J connectivity index is 1.55. The molecule has 1 aromatic carbocycles. The molecular weight excluding hydrogens is 282 g/mol. The van der Waals surface area contributed by atoms with Crippen molar-refractivity contribution in [2.24, 2.45) is 0 Å². The number of hydrogen-bond donors (Lipinski definition) is 1. The van der Waals surface area contributed by atoms with Crippen LogP contribution < -0.4 is 0 Å². The summed E-state index contributed by atoms with van der Waals surface area (Å²) in [6, 6.07) is 12.1. The molecule has 5 heteroatoms. The number of thiophene rings is 1. The lowest BCUT2D eigenvalue weighted by atomic mass is 10.1. The van der Waals surface area contributed by atoms with Crippen LogP contribution in [0.15, 0.2) is 42.6 Å². The molecule has 21 heavy (non-hydrogen) atoms. The first-order valence-electron chi connectivity index (χ1n) is 7.08. The Hall–Kier alpha value is -2.14. The van der Waals surface area contributed by atoms with Gasteiger partial charge in [-0.3, -0.25) is 9.89 Å². The molecule has 1 atom stereocenters. The molecule has 0 saturated carbocycles. The topological polar surface area (TPSA) is 49.0 Å². The number of carbonyl (C=O) groups is 1. The fraction of sp³-hybridized carbons (Fsp3) is 0.250. The Morgan fingerprint density at radius 3 is 3.05 bits per heavy atom. The molecule has 4 nitrogen and oxygen atoms in total. The van der Waals surface area contributed by atoms with Gasteiger partial charge in [0.2, 0.25) is 0 Å². The van der Waals surface area contributed by atoms with Crippen molar-refractivity contribution in [1.82, 2.24) is 15.1 Å². The number of likely N-dealkylation sites (tertiary alicyclic amines) is 1. The number of nitrogens with zero attached hydrogens (tertiary/aromatic N) is 2. The monoisotopic (exact) mass is 297 g/mol. The van der Waals surface area contributed by atoms with Gasteiger partial charge in [-0.1, -0.05) is 18.2 Å². The van der Waals surface area contributed by atoms with Gasteiger partial charge >= 0.3 is 0 Å². The van der Waals surface area contributed by atoms with Crippen LogP contribution in [0.3, 0.4) is 0 Å². The lowest BCUT2D eigenvalue weighted by Gasteiger charge is -2.14. The molecule has 2 aromatic heterocycles. The highest BCUT2D eigenvalue weighted by molar-refractivity contribution is 7.20. The van der Waals surface area contributed by atoms with E-state index >= 15 is 0 Å². The van der Waals surface area contributed by atoms with Crippen molar-refractivity contribution in [1.29, 1.82) is 0 Å². The van der Waals surface area contributed by atoms with Gasteiger partial charge in [-0.15, -0.1) is 11.3 Å². The van der Waals surface area contributed by atoms with Gasteiger partial charge in [0.15, 0.2) is 0 Å². The fourth-order valence-corrected chi connectivity index (χ4v) is 3.97. The summed E-state index contributed by atoms with van der Waals surface area (Å²) in [5.41, 5.74) is 1.13. The number of rotatable bonds is 2. The Kier molecular flexibility index (Phi) is 3.00. The van der Waals surface area contributed by atoms with E-state index < -0.39 is 0 Å². The van der Waals surface area contributed by atoms with Crippen LogP contribution in [-0.2, 0) is 0 Å². The number of H-pyrrole nitrogens is 1. The maximum Gasteiger partial charge on any atom is 0.263 e. The van der Waals surface area contributed by atoms with E-state index in [-0.39, 0.29) is 5.91 Å². The predicted octanol–water partition coefficient (Wildman–Crippen LogP) is 3.25. The highest BCUT2D eigenvalue weighted by Gasteiger charge is 2.29. The molecule has 0 aliphatic carbocycles. The van der Waals surface area contributed by atoms with Gasteiger partial charge in [0.1, 0.15) is 0 Å². The molecule has 106 valence electrons. The lowest BCUT2D eigenvalue weighted by molar-refractivity contribution is 0.0795. The van der Waals surface area contributed by atoms with Gasteiger partial charge in [0, 0.05) is 35.6 Å². The van der Waals surface area contributed by atoms with E-state index in [0.717, 1.165) is 35.5 Å². The molecule has 4 rings (SSSR count). The number of fused-ring (bicyclic) bond motifs is 1. The van der Waals surface area contributed by atoms with Crippen LogP contribution in [0.2, 0.25) is 0 Å². The third-order valence-electron chi connectivity index (χ3n) is 4.07. The summed E-state index contributed by atoms with van der Waals surface area (Å²) in [5.74, 6) is 0.532. The maximum absolute atomic E-state index is 12.6. The van der Waals surface area contributed by atoms with E-state index in [1.54, 1.807) is 17.5 Å². The molecule has 0 bridgehead atoms. The number of carbonyl (C=O) groups excluding carboxylic acids is 1. The molecule has 3 aromatic rings. The SMILES string of the molecule is O=C(c1cc2ccccc2s1)N1CCC(c2ccn[nH]2)C1. The standard InChI is InChI=1S/C16H15N3OS/c20-16(15-9-11-3-1-2-4-14(11)21-15)19-8-6-12(10-19)13-5-7-17-18-13/h1-5,7,9,12H,6,8,10H2,(H,17,18). The van der Waals surface area contributed by atoms with Gasteiger partial charge in [0.25, 0.3) is 5.91 Å². The molecular formula is C16H15N3OS. The Morgan fingerprint density at radius 2 is 2.24 bits per heavy atom. The Morgan fingerprint density at radius 1 is 1.33 bits per heavy atom. The van der Waals surface area contributed by atoms with Crippen LogP contribution in [0.25, 0.3) is 10.1 Å². The van der Waals surface area contributed by atoms with E-state index in [9.17, 15) is 4.79 Å². The van der Waals surface area contributed by atoms with Crippen LogP contribution in [0.1, 0.15) is 27.7 Å². The Bertz CT molecular complexity index is 745. The largest absolute Gasteiger partial charge is 0.337 e. The van der Waals surface area contributed by atoms with E-state index in [1.807, 2.05) is 29.2 Å². The number of hydrogen-bond acceptors (Lipinski definition) is 3. The molecule has 1 aliphatic rings. The summed E-state index contributed by atoms with van der Waals surface area (Å²) >= 11 is 1.58. The first-order valence-corrected chi connectivity index (χ1v) is 7.90. The molecule has 1 unspecified atom stereocenters. The third-order valence-corrected chi connectivity index (χ3v) is 5.18. The van der Waals surface area contributed by atoms with Crippen molar-refractivity contribution in [3.8, 4) is 0 Å². The summed E-state index contributed by atoms with van der Waals surface area (Å²) in [6.07, 6.45) is 2.77. The van der Waals surface area contributed by atoms with Crippen LogP contribution in [0.5, 0.6) is 0 Å². The summed E-state index contributed by atoms with van der Waals surface area (Å²) in [4.78, 5) is 15.4. The normalized spacial score (nSPS) is 18.5. The molecule has 0 radical (unpaired) electrons. The number of nitrogens with one attached hydrogen (secondary N) is 1. The summed E-state index contributed by atoms with van der Waals surface area (Å²) in [6.45, 7) is 1.59. The highest BCUT2D eigenvalue weighted by atomic mass is 32.1. The van der Waals surface area contributed by atoms with Crippen molar-refractivity contribution >= 4 is 27.3 Å². The summed E-state index contributed by atoms with van der Waals surface area (Å²) in [5, 5.41) is 8.16. The zero-order valence-corrected chi connectivity index (χ0v) is 12.3. The van der Waals surface area contributed by atoms with Crippen molar-refractivity contribution in [3.63, 3.8) is 0 Å². The molecule has 1 aliphatic heterocycles. The van der Waals surface area contributed by atoms with Gasteiger partial charge < -0.3 is 4.90 Å². The van der Waals surface area contributed by atoms with Gasteiger partial charge in [-0.2, -0.15) is 5.10 Å². The van der Waals surface area contributed by atoms with Gasteiger partial charge in [0.05, 0.1) is 4.88 Å². The fourth-order valence-electron chi connectivity index (χ4n) is 2.94. The third kappa shape index (κ3) is 2.23. The maximum atomic E-state index is 12.6. The van der Waals surface area contributed by atoms with Crippen molar-refractivity contribution in [2.45, 2.75) is 12.3 Å². The van der Waals surface area contributed by atoms with Gasteiger partial charge in [-0.25, -0.2) is 0 Å². The quantitative estimate of drug-likeness (QED) is 0.789. The second kappa shape index (κ2) is 5.00. The minimum atomic E-state index is 0.151. The second-order valence-corrected chi connectivity index (χ2v) is 6.48. The van der Waals surface area contributed by atoms with Crippen LogP contribution in [-0.4, -0.2) is 34.1 Å². The van der Waals surface area contributed by atoms with E-state index in [1.165, 1.54) is 4.70 Å². The van der Waals surface area contributed by atoms with E-state index in [0.29, 0.717) is 5.92 Å². The lowest BCUT2D eigenvalue weighted by Crippen LogP contribution is -2.27. The van der Waals surface area contributed by atoms with E-state index in [2.05, 4.69) is 22.3 Å². The first kappa shape index (κ1) is 12.6. The summed E-state index contributed by atoms with van der Waals surface area (Å²) < 4.78 is 1.17. The van der Waals surface area contributed by atoms with Crippen molar-refractivity contribution in [3.05, 3.63) is 53.2 Å². The van der Waals surface area contributed by atoms with Crippen molar-refractivity contribution in [2.75, 3.05) is 13.1 Å². The van der Waals surface area contributed by atoms with E-state index in [4.69, 9.17) is 0 Å². The predicted molar refractivity (Wildman–Crippen MR) is 83.7 cm³/mol. The zero-order chi connectivity index (χ0) is 14.2. The number of benzene rings is 1. The molecule has 1 N–H and O–H groups in total. The molecule has 3 heterocycles. The minimum Gasteiger partial charge on any atom is -0.337 e. The average molecular weight is 297 g/mol. The average Bonchev–Trinajstić information content (AvgIpc) is 3.24. The zero-order valence-electron chi connectivity index (χ0n) is 11.5. The Labute approximate surface area is 126 Å². The van der Waals surface area contributed by atoms with Crippen LogP contribution in [0, 0.1) is 0 Å². The number of aromatic nitrogens is 2. The first-order chi connectivity index (χ1) is 10.3. The summed E-state index contributed by atoms with van der Waals surface area (Å²) in [7, 11) is 0. The highest BCUT2D eigenvalue weighted by Crippen LogP contribution is 2.30. The molecule has 0 spiro atoms. The smallest absolute Gasteiger partial charge is 0.263 e. The molecule has 1 fully saturated rings. The molecule has 1 saturated heterocycles. The molecule has 1 amide bonds. The number of aromatic amines is 1. The van der Waals surface area contributed by atoms with Crippen molar-refractivity contribution < 1.29 is 4.79 Å². The minimum absolute atomic E-state index is 0.151. The van der Waals surface area contributed by atoms with Crippen LogP contribution >= 0.6 is 11.3 Å². The van der Waals surface area contributed by atoms with Gasteiger partial charge in [-0.05, 0) is 30.0 Å². The van der Waals surface area contributed by atoms with Crippen LogP contribution in [0.4, 0.5) is 0 Å². The second-order valence-electron chi connectivity index (χ2n) is 5.40.